The third-order valence-electron chi connectivity index (χ3n) is 3.75. The lowest BCUT2D eigenvalue weighted by molar-refractivity contribution is -0.138. The van der Waals surface area contributed by atoms with Gasteiger partial charge in [-0.25, -0.2) is 0 Å². The van der Waals surface area contributed by atoms with Crippen LogP contribution in [-0.4, -0.2) is 18.8 Å². The average Bonchev–Trinajstić information content (AvgIpc) is 2.95. The van der Waals surface area contributed by atoms with Crippen molar-refractivity contribution < 1.29 is 22.7 Å². The van der Waals surface area contributed by atoms with Crippen LogP contribution in [0.3, 0.4) is 0 Å². The molecule has 1 amide bonds. The maximum absolute atomic E-state index is 13.3. The van der Waals surface area contributed by atoms with E-state index in [0.29, 0.717) is 11.4 Å². The third kappa shape index (κ3) is 3.08. The van der Waals surface area contributed by atoms with Gasteiger partial charge in [-0.1, -0.05) is 18.2 Å². The summed E-state index contributed by atoms with van der Waals surface area (Å²) >= 11 is 1.19. The van der Waals surface area contributed by atoms with Crippen molar-refractivity contribution in [1.29, 1.82) is 0 Å². The fourth-order valence-corrected chi connectivity index (χ4v) is 3.86. The van der Waals surface area contributed by atoms with Gasteiger partial charge in [0.2, 0.25) is 5.91 Å². The summed E-state index contributed by atoms with van der Waals surface area (Å²) in [5.74, 6) is 0.542. The predicted octanol–water partition coefficient (Wildman–Crippen LogP) is 4.49. The number of carbonyl (C=O) groups is 1. The smallest absolute Gasteiger partial charge is 0.416 e. The highest BCUT2D eigenvalue weighted by Crippen LogP contribution is 2.46. The molecule has 0 radical (unpaired) electrons. The molecule has 7 heteroatoms. The molecular weight excluding hydrogens is 339 g/mol. The second kappa shape index (κ2) is 6.39. The van der Waals surface area contributed by atoms with Gasteiger partial charge in [-0.05, 0) is 35.9 Å². The highest BCUT2D eigenvalue weighted by atomic mass is 32.2. The highest BCUT2D eigenvalue weighted by molar-refractivity contribution is 8.00. The SMILES string of the molecule is COc1ccc(N2C(=O)CS[C@@H]2c2ccccc2C(F)(F)F)cc1. The Labute approximate surface area is 141 Å². The first-order chi connectivity index (χ1) is 11.4. The molecule has 3 rings (SSSR count). The Morgan fingerprint density at radius 3 is 2.42 bits per heavy atom. The number of amides is 1. The zero-order valence-electron chi connectivity index (χ0n) is 12.7. The number of nitrogens with zero attached hydrogens (tertiary/aromatic N) is 1. The van der Waals surface area contributed by atoms with E-state index in [2.05, 4.69) is 0 Å². The summed E-state index contributed by atoms with van der Waals surface area (Å²) in [6.07, 6.45) is -4.46. The summed E-state index contributed by atoms with van der Waals surface area (Å²) in [4.78, 5) is 13.7. The fourth-order valence-electron chi connectivity index (χ4n) is 2.65. The van der Waals surface area contributed by atoms with Crippen LogP contribution < -0.4 is 9.64 Å². The topological polar surface area (TPSA) is 29.5 Å². The Bertz CT molecular complexity index is 746. The molecule has 0 unspecified atom stereocenters. The molecule has 126 valence electrons. The van der Waals surface area contributed by atoms with Crippen LogP contribution in [0.25, 0.3) is 0 Å². The van der Waals surface area contributed by atoms with Crippen LogP contribution in [0.2, 0.25) is 0 Å². The normalized spacial score (nSPS) is 18.1. The molecule has 0 N–H and O–H groups in total. The first kappa shape index (κ1) is 16.7. The Hall–Kier alpha value is -2.15. The number of carbonyl (C=O) groups excluding carboxylic acids is 1. The predicted molar refractivity (Wildman–Crippen MR) is 87.1 cm³/mol. The quantitative estimate of drug-likeness (QED) is 0.814. The number of benzene rings is 2. The van der Waals surface area contributed by atoms with Gasteiger partial charge in [-0.2, -0.15) is 13.2 Å². The molecule has 1 heterocycles. The van der Waals surface area contributed by atoms with Crippen molar-refractivity contribution >= 4 is 23.4 Å². The maximum Gasteiger partial charge on any atom is 0.416 e. The highest BCUT2D eigenvalue weighted by Gasteiger charge is 2.40. The Morgan fingerprint density at radius 1 is 1.12 bits per heavy atom. The van der Waals surface area contributed by atoms with Gasteiger partial charge in [-0.15, -0.1) is 11.8 Å². The number of thioether (sulfide) groups is 1. The molecule has 1 aliphatic heterocycles. The minimum atomic E-state index is -4.46. The Morgan fingerprint density at radius 2 is 1.79 bits per heavy atom. The molecule has 1 saturated heterocycles. The average molecular weight is 353 g/mol. The summed E-state index contributed by atoms with van der Waals surface area (Å²) in [6.45, 7) is 0. The standard InChI is InChI=1S/C17H14F3NO2S/c1-23-12-8-6-11(7-9-12)21-15(22)10-24-16(21)13-4-2-3-5-14(13)17(18,19)20/h2-9,16H,10H2,1H3/t16-/m1/s1. The summed E-state index contributed by atoms with van der Waals surface area (Å²) in [6, 6.07) is 12.1. The lowest BCUT2D eigenvalue weighted by Gasteiger charge is -2.26. The molecule has 0 aliphatic carbocycles. The minimum Gasteiger partial charge on any atom is -0.497 e. The molecule has 0 bridgehead atoms. The van der Waals surface area contributed by atoms with E-state index in [1.165, 1.54) is 35.9 Å². The second-order valence-electron chi connectivity index (χ2n) is 5.21. The largest absolute Gasteiger partial charge is 0.497 e. The van der Waals surface area contributed by atoms with Crippen LogP contribution in [0.4, 0.5) is 18.9 Å². The van der Waals surface area contributed by atoms with E-state index in [0.717, 1.165) is 6.07 Å². The molecule has 1 fully saturated rings. The van der Waals surface area contributed by atoms with Gasteiger partial charge in [-0.3, -0.25) is 9.69 Å². The summed E-state index contributed by atoms with van der Waals surface area (Å²) < 4.78 is 45.0. The second-order valence-corrected chi connectivity index (χ2v) is 6.28. The molecule has 1 atom stereocenters. The van der Waals surface area contributed by atoms with Crippen molar-refractivity contribution in [3.63, 3.8) is 0 Å². The van der Waals surface area contributed by atoms with Crippen molar-refractivity contribution in [2.45, 2.75) is 11.6 Å². The van der Waals surface area contributed by atoms with Crippen LogP contribution >= 0.6 is 11.8 Å². The molecule has 0 aromatic heterocycles. The van der Waals surface area contributed by atoms with Crippen molar-refractivity contribution in [3.05, 3.63) is 59.7 Å². The van der Waals surface area contributed by atoms with Crippen LogP contribution in [0.15, 0.2) is 48.5 Å². The van der Waals surface area contributed by atoms with Crippen LogP contribution in [0, 0.1) is 0 Å². The number of rotatable bonds is 3. The van der Waals surface area contributed by atoms with E-state index < -0.39 is 17.1 Å². The van der Waals surface area contributed by atoms with E-state index >= 15 is 0 Å². The molecule has 0 spiro atoms. The zero-order valence-corrected chi connectivity index (χ0v) is 13.5. The van der Waals surface area contributed by atoms with Crippen LogP contribution in [0.1, 0.15) is 16.5 Å². The van der Waals surface area contributed by atoms with Crippen molar-refractivity contribution in [3.8, 4) is 5.75 Å². The summed E-state index contributed by atoms with van der Waals surface area (Å²) in [5, 5.41) is -0.705. The van der Waals surface area contributed by atoms with Crippen LogP contribution in [0.5, 0.6) is 5.75 Å². The van der Waals surface area contributed by atoms with Gasteiger partial charge in [0.05, 0.1) is 18.4 Å². The van der Waals surface area contributed by atoms with E-state index in [1.807, 2.05) is 0 Å². The van der Waals surface area contributed by atoms with Crippen molar-refractivity contribution in [1.82, 2.24) is 0 Å². The number of alkyl halides is 3. The molecule has 3 nitrogen and oxygen atoms in total. The van der Waals surface area contributed by atoms with Gasteiger partial charge < -0.3 is 4.74 Å². The van der Waals surface area contributed by atoms with Gasteiger partial charge in [0.15, 0.2) is 0 Å². The van der Waals surface area contributed by atoms with Crippen molar-refractivity contribution in [2.24, 2.45) is 0 Å². The molecule has 2 aromatic carbocycles. The summed E-state index contributed by atoms with van der Waals surface area (Å²) in [7, 11) is 1.52. The molecule has 0 saturated carbocycles. The van der Waals surface area contributed by atoms with Crippen molar-refractivity contribution in [2.75, 3.05) is 17.8 Å². The Kier molecular flexibility index (Phi) is 4.45. The molecular formula is C17H14F3NO2S. The lowest BCUT2D eigenvalue weighted by atomic mass is 10.1. The zero-order chi connectivity index (χ0) is 17.3. The molecule has 1 aliphatic rings. The molecule has 2 aromatic rings. The molecule has 24 heavy (non-hydrogen) atoms. The fraction of sp³-hybridized carbons (Fsp3) is 0.235. The number of halogens is 3. The first-order valence-electron chi connectivity index (χ1n) is 7.15. The van der Waals surface area contributed by atoms with Gasteiger partial charge in [0.1, 0.15) is 11.1 Å². The van der Waals surface area contributed by atoms with E-state index in [1.54, 1.807) is 30.3 Å². The number of ether oxygens (including phenoxy) is 1. The van der Waals surface area contributed by atoms with Gasteiger partial charge in [0, 0.05) is 5.69 Å². The Balaban J connectivity index is 2.02. The monoisotopic (exact) mass is 353 g/mol. The van der Waals surface area contributed by atoms with E-state index in [9.17, 15) is 18.0 Å². The van der Waals surface area contributed by atoms with Gasteiger partial charge >= 0.3 is 6.18 Å². The lowest BCUT2D eigenvalue weighted by Crippen LogP contribution is -2.29. The number of methoxy groups -OCH3 is 1. The first-order valence-corrected chi connectivity index (χ1v) is 8.20. The van der Waals surface area contributed by atoms with Crippen LogP contribution in [-0.2, 0) is 11.0 Å². The maximum atomic E-state index is 13.3. The number of anilines is 1. The minimum absolute atomic E-state index is 0.0941. The van der Waals surface area contributed by atoms with E-state index in [4.69, 9.17) is 4.74 Å². The van der Waals surface area contributed by atoms with Gasteiger partial charge in [0.25, 0.3) is 0 Å². The van der Waals surface area contributed by atoms with E-state index in [-0.39, 0.29) is 17.2 Å². The number of hydrogen-bond donors (Lipinski definition) is 0. The number of hydrogen-bond acceptors (Lipinski definition) is 3. The summed E-state index contributed by atoms with van der Waals surface area (Å²) in [5.41, 5.74) is -0.0693. The third-order valence-corrected chi connectivity index (χ3v) is 4.94.